The Bertz CT molecular complexity index is 232. The van der Waals surface area contributed by atoms with Crippen LogP contribution in [-0.2, 0) is 33.2 Å². The summed E-state index contributed by atoms with van der Waals surface area (Å²) in [5, 5.41) is 17.6. The number of halogens is 3. The molecule has 9 heteroatoms. The number of nitrogens with two attached hydrogens (primary N) is 3. The van der Waals surface area contributed by atoms with Crippen LogP contribution < -0.4 is 29.5 Å². The summed E-state index contributed by atoms with van der Waals surface area (Å²) in [6.07, 6.45) is 15.6. The predicted octanol–water partition coefficient (Wildman–Crippen LogP) is -2.75. The van der Waals surface area contributed by atoms with E-state index in [1.165, 1.54) is 112 Å². The highest BCUT2D eigenvalue weighted by Gasteiger charge is 2.10. The van der Waals surface area contributed by atoms with Crippen LogP contribution in [0.25, 0.3) is 0 Å². The van der Waals surface area contributed by atoms with Gasteiger partial charge in [-0.25, -0.2) is 0 Å². The van der Waals surface area contributed by atoms with Crippen molar-refractivity contribution in [3.63, 3.8) is 0 Å². The van der Waals surface area contributed by atoms with Gasteiger partial charge in [-0.15, -0.1) is 0 Å². The normalized spacial score (nSPS) is 9.82. The Labute approximate surface area is 215 Å². The standard InChI is InChI=1S/3C8H20NS.3FH/c3*1-3-5-7-10(9)8-6-4-2;;;/h3*3-9H2,1-2H3;3*1H/q3*+1;;;/p-3. The highest BCUT2D eigenvalue weighted by Crippen LogP contribution is 2.00. The van der Waals surface area contributed by atoms with E-state index < -0.39 is 0 Å². The van der Waals surface area contributed by atoms with Crippen LogP contribution in [-0.4, -0.2) is 34.5 Å². The van der Waals surface area contributed by atoms with Gasteiger partial charge in [0.15, 0.2) is 0 Å². The summed E-state index contributed by atoms with van der Waals surface area (Å²) < 4.78 is 0. The van der Waals surface area contributed by atoms with E-state index >= 15 is 0 Å². The van der Waals surface area contributed by atoms with E-state index in [1.807, 2.05) is 0 Å². The molecule has 0 aliphatic heterocycles. The molecule has 0 amide bonds. The predicted molar refractivity (Wildman–Crippen MR) is 153 cm³/mol. The quantitative estimate of drug-likeness (QED) is 0.164. The molecule has 0 saturated carbocycles. The fourth-order valence-corrected chi connectivity index (χ4v) is 6.85. The molecular formula is C24H60F3N3S3. The second kappa shape index (κ2) is 42.8. The number of hydrogen-bond donors (Lipinski definition) is 3. The lowest BCUT2D eigenvalue weighted by molar-refractivity contribution is -0.001000. The lowest BCUT2D eigenvalue weighted by Crippen LogP contribution is -3.00. The second-order valence-electron chi connectivity index (χ2n) is 7.96. The van der Waals surface area contributed by atoms with Crippen molar-refractivity contribution in [3.8, 4) is 0 Å². The van der Waals surface area contributed by atoms with E-state index in [1.54, 1.807) is 0 Å². The van der Waals surface area contributed by atoms with E-state index in [0.717, 1.165) is 0 Å². The largest absolute Gasteiger partial charge is 1.00 e. The maximum atomic E-state index is 5.87. The first-order chi connectivity index (χ1) is 14.4. The van der Waals surface area contributed by atoms with E-state index in [9.17, 15) is 0 Å². The van der Waals surface area contributed by atoms with Crippen LogP contribution in [0.4, 0.5) is 0 Å². The maximum absolute atomic E-state index is 5.87. The summed E-state index contributed by atoms with van der Waals surface area (Å²) in [5.41, 5.74) is 0. The minimum absolute atomic E-state index is 0. The van der Waals surface area contributed by atoms with Crippen LogP contribution in [0.5, 0.6) is 0 Å². The summed E-state index contributed by atoms with van der Waals surface area (Å²) >= 11 is 0.691. The van der Waals surface area contributed by atoms with Gasteiger partial charge in [0, 0.05) is 0 Å². The van der Waals surface area contributed by atoms with Gasteiger partial charge in [0.05, 0.1) is 33.2 Å². The van der Waals surface area contributed by atoms with Crippen molar-refractivity contribution in [3.05, 3.63) is 0 Å². The van der Waals surface area contributed by atoms with Crippen molar-refractivity contribution < 1.29 is 14.1 Å². The van der Waals surface area contributed by atoms with E-state index in [4.69, 9.17) is 15.4 Å². The van der Waals surface area contributed by atoms with Gasteiger partial charge in [0.25, 0.3) is 0 Å². The monoisotopic (exact) mass is 543 g/mol. The molecule has 0 aromatic heterocycles. The van der Waals surface area contributed by atoms with Crippen molar-refractivity contribution in [1.82, 2.24) is 0 Å². The minimum Gasteiger partial charge on any atom is -1.00 e. The summed E-state index contributed by atoms with van der Waals surface area (Å²) in [7, 11) is 0. The van der Waals surface area contributed by atoms with Crippen molar-refractivity contribution in [2.75, 3.05) is 34.5 Å². The van der Waals surface area contributed by atoms with Gasteiger partial charge >= 0.3 is 0 Å². The van der Waals surface area contributed by atoms with Gasteiger partial charge in [-0.3, -0.25) is 0 Å². The topological polar surface area (TPSA) is 78.1 Å². The Morgan fingerprint density at radius 1 is 0.333 bits per heavy atom. The van der Waals surface area contributed by atoms with Crippen LogP contribution in [0.3, 0.4) is 0 Å². The van der Waals surface area contributed by atoms with Gasteiger partial charge in [-0.2, -0.15) is 15.4 Å². The minimum atomic E-state index is 0. The molecule has 0 spiro atoms. The molecule has 0 bridgehead atoms. The summed E-state index contributed by atoms with van der Waals surface area (Å²) in [4.78, 5) is 0. The molecule has 210 valence electrons. The fourth-order valence-electron chi connectivity index (χ4n) is 2.28. The van der Waals surface area contributed by atoms with Gasteiger partial charge in [0.2, 0.25) is 0 Å². The highest BCUT2D eigenvalue weighted by molar-refractivity contribution is 7.95. The third-order valence-corrected chi connectivity index (χ3v) is 9.44. The molecule has 3 nitrogen and oxygen atoms in total. The Hall–Kier alpha value is 0.720. The molecule has 0 aliphatic carbocycles. The van der Waals surface area contributed by atoms with Gasteiger partial charge < -0.3 is 14.1 Å². The smallest absolute Gasteiger partial charge is 0.127 e. The first-order valence-electron chi connectivity index (χ1n) is 12.7. The van der Waals surface area contributed by atoms with Gasteiger partial charge in [-0.1, -0.05) is 80.1 Å². The van der Waals surface area contributed by atoms with Gasteiger partial charge in [0.1, 0.15) is 34.5 Å². The third-order valence-electron chi connectivity index (χ3n) is 4.56. The molecule has 0 heterocycles. The first-order valence-corrected chi connectivity index (χ1v) is 17.6. The highest BCUT2D eigenvalue weighted by atomic mass is 32.2. The zero-order valence-corrected chi connectivity index (χ0v) is 25.3. The van der Waals surface area contributed by atoms with E-state index in [2.05, 4.69) is 41.5 Å². The molecule has 0 aliphatic rings. The molecule has 0 aromatic carbocycles. The molecule has 6 N–H and O–H groups in total. The molecule has 0 saturated heterocycles. The Morgan fingerprint density at radius 2 is 0.455 bits per heavy atom. The summed E-state index contributed by atoms with van der Waals surface area (Å²) in [6, 6.07) is 0. The SMILES string of the molecule is CCCC[S+](N)CCCC.CCCC[S+](N)CCCC.CCCC[S+](N)CCCC.[F-].[F-].[F-]. The van der Waals surface area contributed by atoms with Crippen molar-refractivity contribution in [2.45, 2.75) is 119 Å². The Morgan fingerprint density at radius 3 is 0.545 bits per heavy atom. The zero-order valence-electron chi connectivity index (χ0n) is 22.8. The molecule has 0 unspecified atom stereocenters. The molecular weight excluding hydrogens is 483 g/mol. The molecule has 0 rings (SSSR count). The molecule has 0 atom stereocenters. The number of rotatable bonds is 18. The molecule has 0 fully saturated rings. The van der Waals surface area contributed by atoms with Gasteiger partial charge in [-0.05, 0) is 38.5 Å². The Balaban J connectivity index is -0.0000000792. The number of unbranched alkanes of at least 4 members (excludes halogenated alkanes) is 6. The lowest BCUT2D eigenvalue weighted by atomic mass is 10.4. The zero-order chi connectivity index (χ0) is 23.5. The molecule has 0 aromatic rings. The summed E-state index contributed by atoms with van der Waals surface area (Å²) in [6.45, 7) is 13.3. The second-order valence-corrected chi connectivity index (χ2v) is 13.6. The third kappa shape index (κ3) is 50.5. The number of hydrogen-bond acceptors (Lipinski definition) is 3. The molecule has 33 heavy (non-hydrogen) atoms. The average molecular weight is 544 g/mol. The van der Waals surface area contributed by atoms with Crippen LogP contribution in [0.1, 0.15) is 119 Å². The van der Waals surface area contributed by atoms with Crippen LogP contribution in [0, 0.1) is 0 Å². The maximum Gasteiger partial charge on any atom is 0.127 e. The lowest BCUT2D eigenvalue weighted by Gasteiger charge is -1.98. The van der Waals surface area contributed by atoms with Crippen molar-refractivity contribution in [2.24, 2.45) is 15.4 Å². The van der Waals surface area contributed by atoms with Crippen molar-refractivity contribution in [1.29, 1.82) is 0 Å². The summed E-state index contributed by atoms with van der Waals surface area (Å²) in [5.74, 6) is 7.48. The van der Waals surface area contributed by atoms with Crippen LogP contribution in [0.2, 0.25) is 0 Å². The van der Waals surface area contributed by atoms with Crippen LogP contribution in [0.15, 0.2) is 0 Å². The first kappa shape index (κ1) is 47.0. The fraction of sp³-hybridized carbons (Fsp3) is 1.00. The van der Waals surface area contributed by atoms with E-state index in [-0.39, 0.29) is 47.4 Å². The van der Waals surface area contributed by atoms with Crippen molar-refractivity contribution >= 4 is 33.2 Å². The van der Waals surface area contributed by atoms with Crippen LogP contribution >= 0.6 is 0 Å². The van der Waals surface area contributed by atoms with E-state index in [0.29, 0.717) is 0 Å². The Kier molecular flexibility index (Phi) is 61.0. The average Bonchev–Trinajstić information content (AvgIpc) is 2.76. The molecule has 0 radical (unpaired) electrons.